The molecule has 6 nitrogen and oxygen atoms in total. The molecule has 14 heavy (non-hydrogen) atoms. The van der Waals surface area contributed by atoms with E-state index in [-0.39, 0.29) is 16.5 Å². The Hall–Kier alpha value is -1.37. The van der Waals surface area contributed by atoms with E-state index >= 15 is 0 Å². The van der Waals surface area contributed by atoms with Gasteiger partial charge in [-0.15, -0.1) is 12.6 Å². The molecule has 0 atom stereocenters. The summed E-state index contributed by atoms with van der Waals surface area (Å²) in [6.45, 7) is 1.66. The third-order valence-electron chi connectivity index (χ3n) is 1.57. The van der Waals surface area contributed by atoms with Gasteiger partial charge in [-0.25, -0.2) is 9.97 Å². The van der Waals surface area contributed by atoms with Gasteiger partial charge in [-0.05, 0) is 6.92 Å². The third-order valence-corrected chi connectivity index (χ3v) is 1.88. The summed E-state index contributed by atoms with van der Waals surface area (Å²) in [5.41, 5.74) is -0.163. The van der Waals surface area contributed by atoms with Gasteiger partial charge in [0.15, 0.2) is 5.03 Å². The van der Waals surface area contributed by atoms with Gasteiger partial charge in [0.05, 0.1) is 4.92 Å². The van der Waals surface area contributed by atoms with Crippen molar-refractivity contribution in [2.45, 2.75) is 11.9 Å². The Morgan fingerprint density at radius 3 is 2.43 bits per heavy atom. The fourth-order valence-corrected chi connectivity index (χ4v) is 1.34. The minimum absolute atomic E-state index is 0.0891. The van der Waals surface area contributed by atoms with Crippen LogP contribution >= 0.6 is 12.6 Å². The number of aryl methyl sites for hydroxylation is 1. The van der Waals surface area contributed by atoms with E-state index in [9.17, 15) is 10.1 Å². The summed E-state index contributed by atoms with van der Waals surface area (Å²) in [6.07, 6.45) is 0. The van der Waals surface area contributed by atoms with E-state index in [4.69, 9.17) is 0 Å². The van der Waals surface area contributed by atoms with Crippen molar-refractivity contribution in [2.24, 2.45) is 0 Å². The topological polar surface area (TPSA) is 72.2 Å². The number of rotatable bonds is 2. The lowest BCUT2D eigenvalue weighted by molar-refractivity contribution is -0.387. The summed E-state index contributed by atoms with van der Waals surface area (Å²) in [4.78, 5) is 19.5. The molecular weight excluding hydrogens is 204 g/mol. The smallest absolute Gasteiger partial charge is 0.343 e. The molecule has 0 aliphatic carbocycles. The van der Waals surface area contributed by atoms with Crippen LogP contribution in [0.15, 0.2) is 5.03 Å². The second kappa shape index (κ2) is 3.79. The molecule has 0 saturated carbocycles. The van der Waals surface area contributed by atoms with Crippen LogP contribution in [0.2, 0.25) is 0 Å². The van der Waals surface area contributed by atoms with Crippen molar-refractivity contribution >= 4 is 24.1 Å². The lowest BCUT2D eigenvalue weighted by Crippen LogP contribution is -2.14. The normalized spacial score (nSPS) is 10.0. The molecule has 0 unspecified atom stereocenters. The molecule has 1 heterocycles. The van der Waals surface area contributed by atoms with Crippen LogP contribution in [0, 0.1) is 17.0 Å². The molecule has 0 aliphatic heterocycles. The summed E-state index contributed by atoms with van der Waals surface area (Å²) in [6, 6.07) is 0. The first kappa shape index (κ1) is 10.7. The molecule has 0 amide bonds. The molecule has 0 bridgehead atoms. The SMILES string of the molecule is Cc1nc(S)c([N+](=O)[O-])c(N(C)C)n1. The summed E-state index contributed by atoms with van der Waals surface area (Å²) in [5, 5.41) is 10.8. The Labute approximate surface area is 86.5 Å². The van der Waals surface area contributed by atoms with E-state index in [0.717, 1.165) is 0 Å². The number of anilines is 1. The lowest BCUT2D eigenvalue weighted by Gasteiger charge is -2.12. The monoisotopic (exact) mass is 214 g/mol. The Balaban J connectivity index is 3.44. The lowest BCUT2D eigenvalue weighted by atomic mass is 10.4. The maximum atomic E-state index is 10.7. The summed E-state index contributed by atoms with van der Waals surface area (Å²) < 4.78 is 0. The van der Waals surface area contributed by atoms with Crippen LogP contribution in [0.1, 0.15) is 5.82 Å². The predicted molar refractivity (Wildman–Crippen MR) is 55.0 cm³/mol. The van der Waals surface area contributed by atoms with Gasteiger partial charge in [0.25, 0.3) is 0 Å². The number of aromatic nitrogens is 2. The molecule has 0 radical (unpaired) electrons. The van der Waals surface area contributed by atoms with Crippen LogP contribution in [0.3, 0.4) is 0 Å². The highest BCUT2D eigenvalue weighted by atomic mass is 32.1. The molecule has 0 aliphatic rings. The van der Waals surface area contributed by atoms with E-state index in [1.54, 1.807) is 25.9 Å². The fourth-order valence-electron chi connectivity index (χ4n) is 1.01. The average molecular weight is 214 g/mol. The molecule has 0 saturated heterocycles. The summed E-state index contributed by atoms with van der Waals surface area (Å²) >= 11 is 3.95. The standard InChI is InChI=1S/C7H10N4O2S/c1-4-8-6(10(2)3)5(11(12)13)7(14)9-4/h1-3H3,(H,8,9,14). The first-order valence-electron chi connectivity index (χ1n) is 3.82. The van der Waals surface area contributed by atoms with Gasteiger partial charge in [-0.3, -0.25) is 10.1 Å². The first-order valence-corrected chi connectivity index (χ1v) is 4.27. The molecule has 0 fully saturated rings. The number of thiol groups is 1. The minimum Gasteiger partial charge on any atom is -0.357 e. The molecule has 0 N–H and O–H groups in total. The summed E-state index contributed by atoms with van der Waals surface area (Å²) in [5.74, 6) is 0.733. The van der Waals surface area contributed by atoms with Crippen molar-refractivity contribution in [3.05, 3.63) is 15.9 Å². The largest absolute Gasteiger partial charge is 0.357 e. The molecule has 0 spiro atoms. The molecule has 76 valence electrons. The molecular formula is C7H10N4O2S. The number of nitro groups is 1. The zero-order valence-electron chi connectivity index (χ0n) is 8.05. The maximum Gasteiger partial charge on any atom is 0.343 e. The first-order chi connectivity index (χ1) is 6.43. The Kier molecular flexibility index (Phi) is 2.90. The van der Waals surface area contributed by atoms with Crippen molar-refractivity contribution in [2.75, 3.05) is 19.0 Å². The van der Waals surface area contributed by atoms with E-state index in [1.165, 1.54) is 0 Å². The van der Waals surface area contributed by atoms with E-state index < -0.39 is 4.92 Å². The highest BCUT2D eigenvalue weighted by Crippen LogP contribution is 2.29. The second-order valence-electron chi connectivity index (χ2n) is 2.92. The Bertz CT molecular complexity index is 380. The predicted octanol–water partition coefficient (Wildman–Crippen LogP) is 1.05. The van der Waals surface area contributed by atoms with E-state index in [0.29, 0.717) is 5.82 Å². The highest BCUT2D eigenvalue weighted by molar-refractivity contribution is 7.80. The van der Waals surface area contributed by atoms with Crippen LogP contribution in [0.25, 0.3) is 0 Å². The summed E-state index contributed by atoms with van der Waals surface area (Å²) in [7, 11) is 3.37. The van der Waals surface area contributed by atoms with Crippen LogP contribution in [-0.4, -0.2) is 29.0 Å². The molecule has 0 aromatic carbocycles. The Morgan fingerprint density at radius 2 is 2.00 bits per heavy atom. The maximum absolute atomic E-state index is 10.7. The fraction of sp³-hybridized carbons (Fsp3) is 0.429. The quantitative estimate of drug-likeness (QED) is 0.345. The van der Waals surface area contributed by atoms with E-state index in [2.05, 4.69) is 22.6 Å². The number of hydrogen-bond donors (Lipinski definition) is 1. The van der Waals surface area contributed by atoms with Crippen LogP contribution in [-0.2, 0) is 0 Å². The second-order valence-corrected chi connectivity index (χ2v) is 3.34. The van der Waals surface area contributed by atoms with Gasteiger partial charge in [-0.1, -0.05) is 0 Å². The van der Waals surface area contributed by atoms with Crippen molar-refractivity contribution in [3.63, 3.8) is 0 Å². The minimum atomic E-state index is -0.531. The molecule has 1 aromatic heterocycles. The van der Waals surface area contributed by atoms with Crippen molar-refractivity contribution in [1.82, 2.24) is 9.97 Å². The van der Waals surface area contributed by atoms with Crippen LogP contribution in [0.5, 0.6) is 0 Å². The average Bonchev–Trinajstić information content (AvgIpc) is 2.01. The van der Waals surface area contributed by atoms with Crippen molar-refractivity contribution in [1.29, 1.82) is 0 Å². The molecule has 1 aromatic rings. The van der Waals surface area contributed by atoms with Crippen molar-refractivity contribution < 1.29 is 4.92 Å². The van der Waals surface area contributed by atoms with Gasteiger partial charge in [0, 0.05) is 14.1 Å². The van der Waals surface area contributed by atoms with Gasteiger partial charge in [-0.2, -0.15) is 0 Å². The van der Waals surface area contributed by atoms with Gasteiger partial charge < -0.3 is 4.90 Å². The molecule has 1 rings (SSSR count). The number of hydrogen-bond acceptors (Lipinski definition) is 6. The zero-order chi connectivity index (χ0) is 10.9. The highest BCUT2D eigenvalue weighted by Gasteiger charge is 2.22. The van der Waals surface area contributed by atoms with Gasteiger partial charge >= 0.3 is 5.69 Å². The van der Waals surface area contributed by atoms with Crippen LogP contribution < -0.4 is 4.90 Å². The van der Waals surface area contributed by atoms with Gasteiger partial charge in [0.1, 0.15) is 5.82 Å². The molecule has 7 heteroatoms. The Morgan fingerprint density at radius 1 is 1.43 bits per heavy atom. The number of nitrogens with zero attached hydrogens (tertiary/aromatic N) is 4. The van der Waals surface area contributed by atoms with Gasteiger partial charge in [0.2, 0.25) is 5.82 Å². The van der Waals surface area contributed by atoms with E-state index in [1.807, 2.05) is 0 Å². The van der Waals surface area contributed by atoms with Crippen LogP contribution in [0.4, 0.5) is 11.5 Å². The van der Waals surface area contributed by atoms with Crippen molar-refractivity contribution in [3.8, 4) is 0 Å². The zero-order valence-corrected chi connectivity index (χ0v) is 8.95. The third kappa shape index (κ3) is 1.92.